The van der Waals surface area contributed by atoms with Crippen LogP contribution in [0.4, 0.5) is 0 Å². The minimum absolute atomic E-state index is 0.0425. The molecule has 0 radical (unpaired) electrons. The van der Waals surface area contributed by atoms with Crippen LogP contribution < -0.4 is 0 Å². The summed E-state index contributed by atoms with van der Waals surface area (Å²) >= 11 is 0. The van der Waals surface area contributed by atoms with Gasteiger partial charge in [0.2, 0.25) is 0 Å². The molecule has 0 saturated carbocycles. The molecule has 0 bridgehead atoms. The molecule has 0 spiro atoms. The summed E-state index contributed by atoms with van der Waals surface area (Å²) in [5, 5.41) is 0. The number of carbonyl (C=O) groups excluding carboxylic acids is 2. The molecule has 110 valence electrons. The first-order valence-corrected chi connectivity index (χ1v) is 7.12. The number of quaternary nitrogens is 1. The molecule has 1 heterocycles. The monoisotopic (exact) mass is 270 g/mol. The lowest BCUT2D eigenvalue weighted by molar-refractivity contribution is -0.831. The van der Waals surface area contributed by atoms with Crippen molar-refractivity contribution in [2.75, 3.05) is 47.3 Å². The Morgan fingerprint density at radius 1 is 1.16 bits per heavy atom. The van der Waals surface area contributed by atoms with Crippen LogP contribution in [0.3, 0.4) is 0 Å². The van der Waals surface area contributed by atoms with Gasteiger partial charge in [0, 0.05) is 32.6 Å². The quantitative estimate of drug-likeness (QED) is 0.701. The summed E-state index contributed by atoms with van der Waals surface area (Å²) in [6.07, 6.45) is 1.68. The van der Waals surface area contributed by atoms with Gasteiger partial charge in [0.05, 0.1) is 21.0 Å². The summed E-state index contributed by atoms with van der Waals surface area (Å²) in [7, 11) is 5.76. The van der Waals surface area contributed by atoms with Crippen LogP contribution in [0.5, 0.6) is 0 Å². The molecule has 1 fully saturated rings. The molecule has 0 aromatic rings. The topological polar surface area (TPSA) is 40.6 Å². The molecule has 1 aliphatic rings. The van der Waals surface area contributed by atoms with E-state index >= 15 is 0 Å². The van der Waals surface area contributed by atoms with Crippen molar-refractivity contribution >= 4 is 11.8 Å². The normalized spacial score (nSPS) is 19.3. The predicted octanol–water partition coefficient (Wildman–Crippen LogP) is 0.552. The van der Waals surface area contributed by atoms with Crippen molar-refractivity contribution in [2.24, 2.45) is 0 Å². The molecule has 2 amide bonds. The van der Waals surface area contributed by atoms with Gasteiger partial charge < -0.3 is 9.80 Å². The summed E-state index contributed by atoms with van der Waals surface area (Å²) < 4.78 is 0.152. The smallest absolute Gasteiger partial charge is 0.310 e. The van der Waals surface area contributed by atoms with Gasteiger partial charge in [-0.05, 0) is 13.5 Å². The van der Waals surface area contributed by atoms with Crippen LogP contribution >= 0.6 is 0 Å². The molecular formula is C14H28N3O2+. The summed E-state index contributed by atoms with van der Waals surface area (Å²) in [6, 6.07) is -0.245. The van der Waals surface area contributed by atoms with Crippen LogP contribution in [-0.2, 0) is 9.59 Å². The van der Waals surface area contributed by atoms with Crippen LogP contribution in [0.15, 0.2) is 0 Å². The average Bonchev–Trinajstić information content (AvgIpc) is 2.35. The van der Waals surface area contributed by atoms with E-state index in [1.54, 1.807) is 6.92 Å². The van der Waals surface area contributed by atoms with Gasteiger partial charge in [-0.15, -0.1) is 0 Å². The standard InChI is InChI=1S/C14H28N3O2/c1-6-7-13(17(4,5)12(2)18)14(19)16-10-8-15(3)9-11-16/h13H,6-11H2,1-5H3/q+1. The van der Waals surface area contributed by atoms with Gasteiger partial charge >= 0.3 is 5.91 Å². The van der Waals surface area contributed by atoms with Gasteiger partial charge in [0.1, 0.15) is 0 Å². The first kappa shape index (κ1) is 16.1. The largest absolute Gasteiger partial charge is 0.335 e. The Hall–Kier alpha value is -0.940. The lowest BCUT2D eigenvalue weighted by Gasteiger charge is -2.39. The average molecular weight is 270 g/mol. The third-order valence-corrected chi connectivity index (χ3v) is 4.25. The Morgan fingerprint density at radius 3 is 2.11 bits per heavy atom. The highest BCUT2D eigenvalue weighted by Crippen LogP contribution is 2.17. The van der Waals surface area contributed by atoms with Crippen molar-refractivity contribution in [1.82, 2.24) is 9.80 Å². The van der Waals surface area contributed by atoms with Crippen molar-refractivity contribution in [1.29, 1.82) is 0 Å². The molecule has 1 aliphatic heterocycles. The van der Waals surface area contributed by atoms with E-state index in [-0.39, 0.29) is 22.3 Å². The fraction of sp³-hybridized carbons (Fsp3) is 0.857. The summed E-state index contributed by atoms with van der Waals surface area (Å²) in [5.74, 6) is 0.177. The number of rotatable bonds is 4. The van der Waals surface area contributed by atoms with E-state index in [4.69, 9.17) is 0 Å². The molecule has 0 aliphatic carbocycles. The van der Waals surface area contributed by atoms with E-state index in [9.17, 15) is 9.59 Å². The van der Waals surface area contributed by atoms with E-state index in [0.717, 1.165) is 39.0 Å². The van der Waals surface area contributed by atoms with Crippen molar-refractivity contribution in [3.8, 4) is 0 Å². The maximum absolute atomic E-state index is 12.7. The van der Waals surface area contributed by atoms with Gasteiger partial charge in [-0.25, -0.2) is 4.79 Å². The Labute approximate surface area is 116 Å². The maximum Gasteiger partial charge on any atom is 0.310 e. The third-order valence-electron chi connectivity index (χ3n) is 4.25. The summed E-state index contributed by atoms with van der Waals surface area (Å²) in [5.41, 5.74) is 0. The van der Waals surface area contributed by atoms with Gasteiger partial charge in [-0.2, -0.15) is 0 Å². The van der Waals surface area contributed by atoms with Gasteiger partial charge in [0.15, 0.2) is 6.04 Å². The molecule has 5 heteroatoms. The summed E-state index contributed by atoms with van der Waals surface area (Å²) in [4.78, 5) is 28.6. The third kappa shape index (κ3) is 3.76. The second-order valence-corrected chi connectivity index (χ2v) is 5.99. The van der Waals surface area contributed by atoms with E-state index in [1.165, 1.54) is 0 Å². The number of carbonyl (C=O) groups is 2. The van der Waals surface area contributed by atoms with E-state index in [0.29, 0.717) is 0 Å². The van der Waals surface area contributed by atoms with Crippen LogP contribution in [0.2, 0.25) is 0 Å². The molecule has 19 heavy (non-hydrogen) atoms. The van der Waals surface area contributed by atoms with E-state index < -0.39 is 0 Å². The first-order chi connectivity index (χ1) is 8.80. The van der Waals surface area contributed by atoms with E-state index in [1.807, 2.05) is 19.0 Å². The molecule has 1 saturated heterocycles. The van der Waals surface area contributed by atoms with Crippen molar-refractivity contribution in [2.45, 2.75) is 32.7 Å². The molecule has 0 N–H and O–H groups in total. The highest BCUT2D eigenvalue weighted by atomic mass is 16.2. The maximum atomic E-state index is 12.7. The SMILES string of the molecule is CCCC(C(=O)N1CCN(C)CC1)[N+](C)(C)C(C)=O. The Kier molecular flexibility index (Phi) is 5.50. The van der Waals surface area contributed by atoms with E-state index in [2.05, 4.69) is 18.9 Å². The number of nitrogens with zero attached hydrogens (tertiary/aromatic N) is 3. The molecule has 5 nitrogen and oxygen atoms in total. The number of piperazine rings is 1. The second kappa shape index (κ2) is 6.48. The molecule has 1 atom stereocenters. The zero-order valence-corrected chi connectivity index (χ0v) is 13.0. The number of amides is 2. The molecule has 1 rings (SSSR count). The van der Waals surface area contributed by atoms with Gasteiger partial charge in [-0.3, -0.25) is 9.28 Å². The molecule has 0 aromatic carbocycles. The van der Waals surface area contributed by atoms with Gasteiger partial charge in [-0.1, -0.05) is 6.92 Å². The lowest BCUT2D eigenvalue weighted by atomic mass is 10.1. The van der Waals surface area contributed by atoms with Crippen molar-refractivity contribution in [3.63, 3.8) is 0 Å². The minimum Gasteiger partial charge on any atom is -0.335 e. The van der Waals surface area contributed by atoms with Crippen LogP contribution in [0.1, 0.15) is 26.7 Å². The summed E-state index contributed by atoms with van der Waals surface area (Å²) in [6.45, 7) is 7.00. The Balaban J connectivity index is 2.81. The van der Waals surface area contributed by atoms with Crippen molar-refractivity contribution in [3.05, 3.63) is 0 Å². The van der Waals surface area contributed by atoms with Gasteiger partial charge in [0.25, 0.3) is 5.91 Å². The lowest BCUT2D eigenvalue weighted by Crippen LogP contribution is -2.61. The molecular weight excluding hydrogens is 242 g/mol. The minimum atomic E-state index is -0.245. The zero-order valence-electron chi connectivity index (χ0n) is 13.0. The van der Waals surface area contributed by atoms with Crippen LogP contribution in [0, 0.1) is 0 Å². The highest BCUT2D eigenvalue weighted by molar-refractivity contribution is 5.83. The number of hydrogen-bond acceptors (Lipinski definition) is 3. The molecule has 1 unspecified atom stereocenters. The molecule has 0 aromatic heterocycles. The van der Waals surface area contributed by atoms with Crippen LogP contribution in [0.25, 0.3) is 0 Å². The van der Waals surface area contributed by atoms with Crippen molar-refractivity contribution < 1.29 is 14.1 Å². The fourth-order valence-corrected chi connectivity index (χ4v) is 2.45. The number of likely N-dealkylation sites (N-methyl/N-ethyl adjacent to an activating group) is 2. The van der Waals surface area contributed by atoms with Crippen LogP contribution in [-0.4, -0.2) is 79.5 Å². The fourth-order valence-electron chi connectivity index (χ4n) is 2.45. The predicted molar refractivity (Wildman–Crippen MR) is 75.6 cm³/mol. The first-order valence-electron chi connectivity index (χ1n) is 7.12. The Bertz CT molecular complexity index is 334. The second-order valence-electron chi connectivity index (χ2n) is 5.99. The number of hydrogen-bond donors (Lipinski definition) is 0. The zero-order chi connectivity index (χ0) is 14.6. The highest BCUT2D eigenvalue weighted by Gasteiger charge is 2.40. The Morgan fingerprint density at radius 2 is 1.68 bits per heavy atom.